The molecule has 0 saturated heterocycles. The second-order valence-electron chi connectivity index (χ2n) is 1.52. The molecule has 0 aromatic rings. The first-order valence-electron chi connectivity index (χ1n) is 2.22. The molecule has 0 saturated carbocycles. The molecule has 6 nitrogen and oxygen atoms in total. The number of carboxylic acid groups (broad SMARTS) is 2. The molecule has 0 fully saturated rings. The average Bonchev–Trinajstić information content (AvgIpc) is 1.63. The van der Waals surface area contributed by atoms with Gasteiger partial charge in [-0.2, -0.15) is 0 Å². The number of nitrogens with two attached hydrogens (primary N) is 1. The van der Waals surface area contributed by atoms with Crippen molar-refractivity contribution in [3.05, 3.63) is 0 Å². The van der Waals surface area contributed by atoms with Crippen molar-refractivity contribution in [1.29, 1.82) is 0 Å². The van der Waals surface area contributed by atoms with Crippen molar-refractivity contribution in [3.8, 4) is 0 Å². The summed E-state index contributed by atoms with van der Waals surface area (Å²) < 4.78 is 0. The maximum absolute atomic E-state index is 9.74. The first kappa shape index (κ1) is 17.1. The van der Waals surface area contributed by atoms with Crippen LogP contribution in [0.2, 0.25) is 0 Å². The van der Waals surface area contributed by atoms with Gasteiger partial charge in [-0.05, 0) is 0 Å². The molecule has 0 rings (SSSR count). The van der Waals surface area contributed by atoms with Crippen LogP contribution in [0.4, 0.5) is 0 Å². The van der Waals surface area contributed by atoms with Gasteiger partial charge in [0.1, 0.15) is 0 Å². The Kier molecular flexibility index (Phi) is 12.4. The number of rotatable bonds is 3. The predicted molar refractivity (Wildman–Crippen MR) is 30.3 cm³/mol. The molecule has 0 bridgehead atoms. The minimum absolute atomic E-state index is 0. The number of carbonyl (C=O) groups is 2. The Hall–Kier alpha value is -0.140. The summed E-state index contributed by atoms with van der Waals surface area (Å²) in [7, 11) is 0. The Morgan fingerprint density at radius 2 is 1.91 bits per heavy atom. The Bertz CT molecular complexity index is 140. The third kappa shape index (κ3) is 9.86. The van der Waals surface area contributed by atoms with Gasteiger partial charge in [0, 0.05) is 0 Å². The summed E-state index contributed by atoms with van der Waals surface area (Å²) in [4.78, 5) is 19.5. The van der Waals surface area contributed by atoms with E-state index in [2.05, 4.69) is 0 Å². The zero-order valence-corrected chi connectivity index (χ0v) is 8.24. The molecule has 0 spiro atoms. The van der Waals surface area contributed by atoms with Gasteiger partial charge in [-0.3, -0.25) is 4.79 Å². The van der Waals surface area contributed by atoms with Gasteiger partial charge in [-0.1, -0.05) is 0 Å². The molecule has 0 unspecified atom stereocenters. The van der Waals surface area contributed by atoms with Crippen molar-refractivity contribution in [2.24, 2.45) is 5.73 Å². The first-order valence-corrected chi connectivity index (χ1v) is 2.22. The van der Waals surface area contributed by atoms with Gasteiger partial charge in [-0.15, -0.1) is 0 Å². The Labute approximate surface area is 85.6 Å². The summed E-state index contributed by atoms with van der Waals surface area (Å²) >= 11 is 0. The van der Waals surface area contributed by atoms with Crippen LogP contribution in [0, 0.1) is 0 Å². The van der Waals surface area contributed by atoms with Crippen LogP contribution in [-0.2, 0) is 9.59 Å². The van der Waals surface area contributed by atoms with Crippen LogP contribution >= 0.6 is 0 Å². The molecule has 60 valence electrons. The van der Waals surface area contributed by atoms with Gasteiger partial charge in [-0.25, -0.2) is 0 Å². The van der Waals surface area contributed by atoms with E-state index in [9.17, 15) is 14.7 Å². The fraction of sp³-hybridized carbons (Fsp3) is 0.500. The van der Waals surface area contributed by atoms with Crippen molar-refractivity contribution < 1.29 is 49.4 Å². The molecule has 0 radical (unpaired) electrons. The van der Waals surface area contributed by atoms with Crippen molar-refractivity contribution in [2.75, 3.05) is 0 Å². The molecule has 0 heterocycles. The Morgan fingerprint density at radius 1 is 1.55 bits per heavy atom. The summed E-state index contributed by atoms with van der Waals surface area (Å²) in [6, 6.07) is -1.40. The zero-order chi connectivity index (χ0) is 7.44. The summed E-state index contributed by atoms with van der Waals surface area (Å²) in [6.45, 7) is 0. The largest absolute Gasteiger partial charge is 1.00 e. The summed E-state index contributed by atoms with van der Waals surface area (Å²) in [5.41, 5.74) is 4.77. The Morgan fingerprint density at radius 3 is 2.00 bits per heavy atom. The molecule has 0 aliphatic rings. The second kappa shape index (κ2) is 7.96. The molecule has 0 aliphatic carbocycles. The predicted octanol–water partition coefficient (Wildman–Crippen LogP) is -5.30. The van der Waals surface area contributed by atoms with Crippen LogP contribution in [0.25, 0.3) is 0 Å². The molecule has 1 atom stereocenters. The Balaban J connectivity index is -0.000000320. The van der Waals surface area contributed by atoms with Gasteiger partial charge < -0.3 is 26.9 Å². The minimum Gasteiger partial charge on any atom is -0.548 e. The van der Waals surface area contributed by atoms with E-state index in [1.54, 1.807) is 0 Å². The quantitative estimate of drug-likeness (QED) is 0.363. The molecule has 0 aromatic carbocycles. The van der Waals surface area contributed by atoms with Crippen molar-refractivity contribution in [3.63, 3.8) is 0 Å². The maximum atomic E-state index is 9.74. The van der Waals surface area contributed by atoms with Gasteiger partial charge in [0.25, 0.3) is 0 Å². The number of hydrogen-bond acceptors (Lipinski definition) is 5. The van der Waals surface area contributed by atoms with E-state index in [1.165, 1.54) is 0 Å². The summed E-state index contributed by atoms with van der Waals surface area (Å²) in [5.74, 6) is -2.79. The second-order valence-corrected chi connectivity index (χ2v) is 1.52. The van der Waals surface area contributed by atoms with Crippen LogP contribution in [0.15, 0.2) is 0 Å². The number of carboxylic acids is 2. The molecule has 6 N–H and O–H groups in total. The van der Waals surface area contributed by atoms with Gasteiger partial charge in [0.2, 0.25) is 0 Å². The van der Waals surface area contributed by atoms with Gasteiger partial charge in [0.05, 0.1) is 18.4 Å². The van der Waals surface area contributed by atoms with Crippen molar-refractivity contribution in [2.45, 2.75) is 12.5 Å². The van der Waals surface area contributed by atoms with Crippen LogP contribution in [0.5, 0.6) is 0 Å². The fourth-order valence-electron chi connectivity index (χ4n) is 0.271. The fourth-order valence-corrected chi connectivity index (χ4v) is 0.271. The van der Waals surface area contributed by atoms with Crippen LogP contribution in [0.3, 0.4) is 0 Å². The maximum Gasteiger partial charge on any atom is 1.00 e. The summed E-state index contributed by atoms with van der Waals surface area (Å²) in [5, 5.41) is 17.7. The molecule has 0 amide bonds. The summed E-state index contributed by atoms with van der Waals surface area (Å²) in [6.07, 6.45) is -0.595. The van der Waals surface area contributed by atoms with Crippen LogP contribution in [0.1, 0.15) is 6.42 Å². The van der Waals surface area contributed by atoms with E-state index in [-0.39, 0.29) is 35.7 Å². The smallest absolute Gasteiger partial charge is 0.548 e. The van der Waals surface area contributed by atoms with Crippen LogP contribution in [-0.4, -0.2) is 23.1 Å². The average molecular weight is 172 g/mol. The minimum atomic E-state index is -1.54. The number of aliphatic carboxylic acids is 2. The number of hydrogen-bond donors (Lipinski definition) is 3. The molecule has 11 heavy (non-hydrogen) atoms. The topological polar surface area (TPSA) is 138 Å². The van der Waals surface area contributed by atoms with Crippen molar-refractivity contribution >= 4 is 11.9 Å². The van der Waals surface area contributed by atoms with Gasteiger partial charge >= 0.3 is 35.5 Å². The van der Waals surface area contributed by atoms with E-state index in [1.807, 2.05) is 0 Å². The molecule has 0 aliphatic heterocycles. The van der Waals surface area contributed by atoms with E-state index in [0.717, 1.165) is 0 Å². The zero-order valence-electron chi connectivity index (χ0n) is 6.24. The van der Waals surface area contributed by atoms with E-state index in [0.29, 0.717) is 0 Å². The normalized spacial score (nSPS) is 10.3. The molecular weight excluding hydrogens is 163 g/mol. The SMILES string of the molecule is N.N[C@@H](CC(=O)O)C(=O)[O-].[Na+]. The first-order chi connectivity index (χ1) is 4.04. The van der Waals surface area contributed by atoms with E-state index < -0.39 is 24.4 Å². The monoisotopic (exact) mass is 172 g/mol. The third-order valence-electron chi connectivity index (χ3n) is 0.697. The van der Waals surface area contributed by atoms with E-state index >= 15 is 0 Å². The van der Waals surface area contributed by atoms with Crippen molar-refractivity contribution in [1.82, 2.24) is 6.15 Å². The number of carbonyl (C=O) groups excluding carboxylic acids is 1. The van der Waals surface area contributed by atoms with E-state index in [4.69, 9.17) is 10.8 Å². The van der Waals surface area contributed by atoms with Crippen LogP contribution < -0.4 is 46.5 Å². The molecule has 0 aromatic heterocycles. The molecular formula is C4H9N2NaO4. The standard InChI is InChI=1S/C4H7NO4.H3N.Na/c5-2(4(8)9)1-3(6)7;;/h2H,1,5H2,(H,6,7)(H,8,9);1H3;/q;;+1/p-1/t2-;;/m0../s1. The van der Waals surface area contributed by atoms with Gasteiger partial charge in [0.15, 0.2) is 0 Å². The third-order valence-corrected chi connectivity index (χ3v) is 0.697. The molecule has 7 heteroatoms.